The standard InChI is InChI=1S/C19H25N3O2S/c1-3-22(4-2)11-10-20-19(24)16-5-7-17(8-6-16)21-18(23)13-15-9-12-25-14-15/h5-9,12,14H,3-4,10-11,13H2,1-2H3,(H,20,24)(H,21,23)/p+1. The zero-order valence-electron chi connectivity index (χ0n) is 14.8. The lowest BCUT2D eigenvalue weighted by atomic mass is 10.2. The van der Waals surface area contributed by atoms with Crippen LogP contribution in [0.4, 0.5) is 5.69 Å². The summed E-state index contributed by atoms with van der Waals surface area (Å²) in [6.07, 6.45) is 0.361. The maximum atomic E-state index is 12.1. The summed E-state index contributed by atoms with van der Waals surface area (Å²) in [6, 6.07) is 8.93. The zero-order valence-corrected chi connectivity index (χ0v) is 15.6. The summed E-state index contributed by atoms with van der Waals surface area (Å²) in [4.78, 5) is 25.6. The average molecular weight is 361 g/mol. The first-order chi connectivity index (χ1) is 12.1. The molecule has 2 rings (SSSR count). The lowest BCUT2D eigenvalue weighted by Crippen LogP contribution is -3.12. The van der Waals surface area contributed by atoms with Crippen LogP contribution in [0.3, 0.4) is 0 Å². The Kier molecular flexibility index (Phi) is 7.63. The van der Waals surface area contributed by atoms with Crippen molar-refractivity contribution in [3.05, 3.63) is 52.2 Å². The lowest BCUT2D eigenvalue weighted by molar-refractivity contribution is -0.895. The Morgan fingerprint density at radius 2 is 1.80 bits per heavy atom. The molecule has 0 fully saturated rings. The minimum atomic E-state index is -0.0808. The van der Waals surface area contributed by atoms with E-state index in [0.717, 1.165) is 25.2 Å². The van der Waals surface area contributed by atoms with Crippen LogP contribution in [0.1, 0.15) is 29.8 Å². The number of thiophene rings is 1. The number of amides is 2. The molecule has 5 nitrogen and oxygen atoms in total. The van der Waals surface area contributed by atoms with Crippen molar-refractivity contribution in [2.75, 3.05) is 31.5 Å². The second-order valence-electron chi connectivity index (χ2n) is 5.90. The first-order valence-electron chi connectivity index (χ1n) is 8.65. The Bertz CT molecular complexity index is 664. The molecule has 0 unspecified atom stereocenters. The number of anilines is 1. The van der Waals surface area contributed by atoms with Crippen LogP contribution >= 0.6 is 11.3 Å². The first kappa shape index (κ1) is 19.1. The summed E-state index contributed by atoms with van der Waals surface area (Å²) in [5.41, 5.74) is 2.31. The number of carbonyl (C=O) groups excluding carboxylic acids is 2. The Morgan fingerprint density at radius 3 is 2.40 bits per heavy atom. The third kappa shape index (κ3) is 6.32. The van der Waals surface area contributed by atoms with E-state index in [1.807, 2.05) is 16.8 Å². The predicted molar refractivity (Wildman–Crippen MR) is 102 cm³/mol. The molecule has 134 valence electrons. The van der Waals surface area contributed by atoms with Crippen molar-refractivity contribution in [2.24, 2.45) is 0 Å². The van der Waals surface area contributed by atoms with Gasteiger partial charge in [0.05, 0.1) is 32.6 Å². The third-order valence-corrected chi connectivity index (χ3v) is 4.87. The minimum Gasteiger partial charge on any atom is -0.346 e. The van der Waals surface area contributed by atoms with Crippen molar-refractivity contribution in [1.29, 1.82) is 0 Å². The molecule has 0 aliphatic heterocycles. The fraction of sp³-hybridized carbons (Fsp3) is 0.368. The van der Waals surface area contributed by atoms with E-state index in [1.54, 1.807) is 35.6 Å². The van der Waals surface area contributed by atoms with E-state index < -0.39 is 0 Å². The van der Waals surface area contributed by atoms with Gasteiger partial charge in [-0.05, 0) is 60.5 Å². The molecule has 0 saturated heterocycles. The van der Waals surface area contributed by atoms with Crippen molar-refractivity contribution in [3.8, 4) is 0 Å². The van der Waals surface area contributed by atoms with Gasteiger partial charge in [-0.1, -0.05) is 0 Å². The van der Waals surface area contributed by atoms with Gasteiger partial charge in [-0.15, -0.1) is 0 Å². The molecule has 6 heteroatoms. The molecule has 1 heterocycles. The van der Waals surface area contributed by atoms with Crippen LogP contribution < -0.4 is 15.5 Å². The molecule has 0 aliphatic rings. The topological polar surface area (TPSA) is 62.6 Å². The van der Waals surface area contributed by atoms with E-state index in [1.165, 1.54) is 4.90 Å². The van der Waals surface area contributed by atoms with Gasteiger partial charge in [-0.25, -0.2) is 0 Å². The van der Waals surface area contributed by atoms with E-state index in [0.29, 0.717) is 24.2 Å². The van der Waals surface area contributed by atoms with Crippen molar-refractivity contribution in [1.82, 2.24) is 5.32 Å². The van der Waals surface area contributed by atoms with Crippen molar-refractivity contribution in [2.45, 2.75) is 20.3 Å². The fourth-order valence-corrected chi connectivity index (χ4v) is 3.22. The van der Waals surface area contributed by atoms with Crippen molar-refractivity contribution in [3.63, 3.8) is 0 Å². The third-order valence-electron chi connectivity index (χ3n) is 4.14. The van der Waals surface area contributed by atoms with Gasteiger partial charge in [-0.3, -0.25) is 9.59 Å². The smallest absolute Gasteiger partial charge is 0.251 e. The van der Waals surface area contributed by atoms with Gasteiger partial charge in [0.15, 0.2) is 0 Å². The average Bonchev–Trinajstić information content (AvgIpc) is 3.12. The van der Waals surface area contributed by atoms with E-state index in [-0.39, 0.29) is 11.8 Å². The molecular weight excluding hydrogens is 334 g/mol. The number of hydrogen-bond donors (Lipinski definition) is 3. The number of nitrogens with one attached hydrogen (secondary N) is 3. The van der Waals surface area contributed by atoms with Gasteiger partial charge < -0.3 is 15.5 Å². The highest BCUT2D eigenvalue weighted by Gasteiger charge is 2.09. The zero-order chi connectivity index (χ0) is 18.1. The highest BCUT2D eigenvalue weighted by Crippen LogP contribution is 2.12. The van der Waals surface area contributed by atoms with Gasteiger partial charge in [-0.2, -0.15) is 11.3 Å². The van der Waals surface area contributed by atoms with Crippen LogP contribution in [0.2, 0.25) is 0 Å². The van der Waals surface area contributed by atoms with Gasteiger partial charge in [0, 0.05) is 11.3 Å². The van der Waals surface area contributed by atoms with Crippen LogP contribution in [0.25, 0.3) is 0 Å². The Labute approximate surface area is 153 Å². The maximum absolute atomic E-state index is 12.1. The Morgan fingerprint density at radius 1 is 1.08 bits per heavy atom. The summed E-state index contributed by atoms with van der Waals surface area (Å²) >= 11 is 1.58. The number of rotatable bonds is 9. The summed E-state index contributed by atoms with van der Waals surface area (Å²) in [5, 5.41) is 9.71. The number of quaternary nitrogens is 1. The fourth-order valence-electron chi connectivity index (χ4n) is 2.55. The van der Waals surface area contributed by atoms with Gasteiger partial charge >= 0.3 is 0 Å². The molecule has 1 aromatic heterocycles. The lowest BCUT2D eigenvalue weighted by Gasteiger charge is -2.15. The molecule has 0 radical (unpaired) electrons. The highest BCUT2D eigenvalue weighted by atomic mass is 32.1. The quantitative estimate of drug-likeness (QED) is 0.636. The summed E-state index contributed by atoms with van der Waals surface area (Å²) in [7, 11) is 0. The molecule has 0 atom stereocenters. The predicted octanol–water partition coefficient (Wildman–Crippen LogP) is 1.58. The second kappa shape index (κ2) is 9.96. The number of benzene rings is 1. The number of carbonyl (C=O) groups is 2. The molecule has 0 aliphatic carbocycles. The molecule has 3 N–H and O–H groups in total. The molecule has 25 heavy (non-hydrogen) atoms. The van der Waals surface area contributed by atoms with Crippen LogP contribution in [-0.2, 0) is 11.2 Å². The molecule has 0 saturated carbocycles. The Hall–Kier alpha value is -2.18. The van der Waals surface area contributed by atoms with Gasteiger partial charge in [0.1, 0.15) is 0 Å². The summed E-state index contributed by atoms with van der Waals surface area (Å²) in [6.45, 7) is 8.00. The van der Waals surface area contributed by atoms with E-state index in [4.69, 9.17) is 0 Å². The monoisotopic (exact) mass is 360 g/mol. The molecule has 0 spiro atoms. The molecule has 0 bridgehead atoms. The van der Waals surface area contributed by atoms with Gasteiger partial charge in [0.2, 0.25) is 5.91 Å². The van der Waals surface area contributed by atoms with E-state index in [2.05, 4.69) is 24.5 Å². The number of likely N-dealkylation sites (N-methyl/N-ethyl adjacent to an activating group) is 1. The Balaban J connectivity index is 1.80. The van der Waals surface area contributed by atoms with E-state index >= 15 is 0 Å². The van der Waals surface area contributed by atoms with Crippen molar-refractivity contribution < 1.29 is 14.5 Å². The molecule has 1 aromatic carbocycles. The summed E-state index contributed by atoms with van der Waals surface area (Å²) in [5.74, 6) is -0.138. The van der Waals surface area contributed by atoms with E-state index in [9.17, 15) is 9.59 Å². The first-order valence-corrected chi connectivity index (χ1v) is 9.59. The van der Waals surface area contributed by atoms with Crippen molar-refractivity contribution >= 4 is 28.8 Å². The summed E-state index contributed by atoms with van der Waals surface area (Å²) < 4.78 is 0. The van der Waals surface area contributed by atoms with Crippen LogP contribution in [0.15, 0.2) is 41.1 Å². The second-order valence-corrected chi connectivity index (χ2v) is 6.68. The highest BCUT2D eigenvalue weighted by molar-refractivity contribution is 7.08. The van der Waals surface area contributed by atoms with Gasteiger partial charge in [0.25, 0.3) is 5.91 Å². The van der Waals surface area contributed by atoms with Crippen LogP contribution in [0, 0.1) is 0 Å². The molecular formula is C19H26N3O2S+. The largest absolute Gasteiger partial charge is 0.346 e. The van der Waals surface area contributed by atoms with Crippen LogP contribution in [0.5, 0.6) is 0 Å². The maximum Gasteiger partial charge on any atom is 0.251 e. The SMILES string of the molecule is CC[NH+](CC)CCNC(=O)c1ccc(NC(=O)Cc2ccsc2)cc1. The minimum absolute atomic E-state index is 0.0576. The van der Waals surface area contributed by atoms with Crippen LogP contribution in [-0.4, -0.2) is 38.0 Å². The molecule has 2 aromatic rings. The normalized spacial score (nSPS) is 10.7. The number of hydrogen-bond acceptors (Lipinski definition) is 3. The molecule has 2 amide bonds.